The minimum atomic E-state index is -0.975. The van der Waals surface area contributed by atoms with Gasteiger partial charge in [0.05, 0.1) is 17.2 Å². The molecule has 19 heavy (non-hydrogen) atoms. The maximum atomic E-state index is 11.4. The molecule has 0 aliphatic carbocycles. The fraction of sp³-hybridized carbons (Fsp3) is 0.429. The Balaban J connectivity index is 2.82. The first-order valence-electron chi connectivity index (χ1n) is 6.16. The molecule has 0 saturated heterocycles. The van der Waals surface area contributed by atoms with E-state index in [1.54, 1.807) is 43.7 Å². The van der Waals surface area contributed by atoms with Crippen LogP contribution in [-0.2, 0) is 0 Å². The van der Waals surface area contributed by atoms with Gasteiger partial charge in [-0.15, -0.1) is 0 Å². The number of pyridine rings is 1. The van der Waals surface area contributed by atoms with Crippen LogP contribution in [0.5, 0.6) is 0 Å². The molecular weight excluding hydrogens is 244 g/mol. The van der Waals surface area contributed by atoms with Gasteiger partial charge in [-0.25, -0.2) is 9.78 Å². The summed E-state index contributed by atoms with van der Waals surface area (Å²) in [5, 5.41) is 20.1. The lowest BCUT2D eigenvalue weighted by Gasteiger charge is -2.28. The Labute approximate surface area is 111 Å². The first kappa shape index (κ1) is 13.5. The SMILES string of the molecule is Cc1c(C(=O)O)c2cccnc2n1C(C)C(C)(C)O. The minimum absolute atomic E-state index is 0.249. The van der Waals surface area contributed by atoms with Gasteiger partial charge < -0.3 is 14.8 Å². The van der Waals surface area contributed by atoms with Gasteiger partial charge in [0.2, 0.25) is 0 Å². The van der Waals surface area contributed by atoms with E-state index in [-0.39, 0.29) is 11.6 Å². The summed E-state index contributed by atoms with van der Waals surface area (Å²) in [4.78, 5) is 15.7. The van der Waals surface area contributed by atoms with Crippen LogP contribution in [0.4, 0.5) is 0 Å². The largest absolute Gasteiger partial charge is 0.478 e. The van der Waals surface area contributed by atoms with Crippen molar-refractivity contribution in [3.8, 4) is 0 Å². The number of aromatic nitrogens is 2. The molecule has 0 aliphatic rings. The van der Waals surface area contributed by atoms with Gasteiger partial charge in [0, 0.05) is 17.3 Å². The summed E-state index contributed by atoms with van der Waals surface area (Å²) in [6.45, 7) is 7.00. The number of nitrogens with zero attached hydrogens (tertiary/aromatic N) is 2. The van der Waals surface area contributed by atoms with Gasteiger partial charge in [-0.1, -0.05) is 0 Å². The van der Waals surface area contributed by atoms with Crippen molar-refractivity contribution in [1.82, 2.24) is 9.55 Å². The molecule has 2 aromatic rings. The number of aliphatic hydroxyl groups is 1. The minimum Gasteiger partial charge on any atom is -0.478 e. The van der Waals surface area contributed by atoms with E-state index < -0.39 is 11.6 Å². The van der Waals surface area contributed by atoms with Gasteiger partial charge in [0.25, 0.3) is 0 Å². The van der Waals surface area contributed by atoms with Crippen molar-refractivity contribution >= 4 is 17.0 Å². The number of carbonyl (C=O) groups is 1. The Hall–Kier alpha value is -1.88. The average molecular weight is 262 g/mol. The summed E-state index contributed by atoms with van der Waals surface area (Å²) in [6.07, 6.45) is 1.63. The van der Waals surface area contributed by atoms with Crippen LogP contribution >= 0.6 is 0 Å². The maximum Gasteiger partial charge on any atom is 0.338 e. The second kappa shape index (κ2) is 4.35. The summed E-state index contributed by atoms with van der Waals surface area (Å²) in [6, 6.07) is 3.18. The average Bonchev–Trinajstić information content (AvgIpc) is 2.58. The van der Waals surface area contributed by atoms with Gasteiger partial charge in [0.15, 0.2) is 0 Å². The number of aromatic carboxylic acids is 1. The highest BCUT2D eigenvalue weighted by atomic mass is 16.4. The normalized spacial score (nSPS) is 13.7. The third kappa shape index (κ3) is 2.10. The third-order valence-corrected chi connectivity index (χ3v) is 3.63. The Morgan fingerprint density at radius 3 is 2.63 bits per heavy atom. The third-order valence-electron chi connectivity index (χ3n) is 3.63. The molecule has 2 heterocycles. The molecule has 5 heteroatoms. The molecule has 2 N–H and O–H groups in total. The fourth-order valence-electron chi connectivity index (χ4n) is 2.32. The predicted molar refractivity (Wildman–Crippen MR) is 72.4 cm³/mol. The molecule has 0 amide bonds. The molecule has 0 aromatic carbocycles. The molecule has 0 aliphatic heterocycles. The van der Waals surface area contributed by atoms with Crippen molar-refractivity contribution in [2.45, 2.75) is 39.3 Å². The monoisotopic (exact) mass is 262 g/mol. The zero-order valence-corrected chi connectivity index (χ0v) is 11.5. The van der Waals surface area contributed by atoms with E-state index >= 15 is 0 Å². The van der Waals surface area contributed by atoms with E-state index in [1.165, 1.54) is 0 Å². The van der Waals surface area contributed by atoms with Crippen molar-refractivity contribution in [3.05, 3.63) is 29.6 Å². The first-order valence-corrected chi connectivity index (χ1v) is 6.16. The first-order chi connectivity index (χ1) is 8.75. The number of carboxylic acid groups (broad SMARTS) is 1. The fourth-order valence-corrected chi connectivity index (χ4v) is 2.32. The molecule has 102 valence electrons. The van der Waals surface area contributed by atoms with Gasteiger partial charge in [-0.3, -0.25) is 0 Å². The predicted octanol–water partition coefficient (Wildman–Crippen LogP) is 2.37. The summed E-state index contributed by atoms with van der Waals surface area (Å²) in [7, 11) is 0. The molecule has 0 spiro atoms. The van der Waals surface area contributed by atoms with E-state index in [0.29, 0.717) is 16.7 Å². The Morgan fingerprint density at radius 2 is 2.11 bits per heavy atom. The van der Waals surface area contributed by atoms with Gasteiger partial charge in [-0.05, 0) is 39.8 Å². The van der Waals surface area contributed by atoms with E-state index in [4.69, 9.17) is 0 Å². The summed E-state index contributed by atoms with van der Waals surface area (Å²) < 4.78 is 1.79. The van der Waals surface area contributed by atoms with Crippen molar-refractivity contribution in [2.24, 2.45) is 0 Å². The number of carboxylic acids is 1. The van der Waals surface area contributed by atoms with Crippen LogP contribution in [0.3, 0.4) is 0 Å². The summed E-state index contributed by atoms with van der Waals surface area (Å²) in [5.41, 5.74) is 0.478. The van der Waals surface area contributed by atoms with Crippen LogP contribution in [0.15, 0.2) is 18.3 Å². The van der Waals surface area contributed by atoms with Crippen LogP contribution in [-0.4, -0.2) is 31.3 Å². The smallest absolute Gasteiger partial charge is 0.338 e. The van der Waals surface area contributed by atoms with Crippen LogP contribution in [0.1, 0.15) is 42.9 Å². The lowest BCUT2D eigenvalue weighted by atomic mass is 10.0. The van der Waals surface area contributed by atoms with Crippen LogP contribution in [0.2, 0.25) is 0 Å². The number of rotatable bonds is 3. The lowest BCUT2D eigenvalue weighted by Crippen LogP contribution is -2.31. The van der Waals surface area contributed by atoms with Crippen LogP contribution < -0.4 is 0 Å². The molecule has 0 bridgehead atoms. The number of fused-ring (bicyclic) bond motifs is 1. The zero-order valence-electron chi connectivity index (χ0n) is 11.5. The Bertz CT molecular complexity index is 638. The van der Waals surface area contributed by atoms with Crippen molar-refractivity contribution < 1.29 is 15.0 Å². The van der Waals surface area contributed by atoms with Crippen LogP contribution in [0.25, 0.3) is 11.0 Å². The summed E-state index contributed by atoms with van der Waals surface area (Å²) >= 11 is 0. The molecule has 1 unspecified atom stereocenters. The van der Waals surface area contributed by atoms with Crippen molar-refractivity contribution in [1.29, 1.82) is 0 Å². The molecule has 1 atom stereocenters. The second-order valence-electron chi connectivity index (χ2n) is 5.34. The van der Waals surface area contributed by atoms with Crippen molar-refractivity contribution in [3.63, 3.8) is 0 Å². The van der Waals surface area contributed by atoms with Crippen molar-refractivity contribution in [2.75, 3.05) is 0 Å². The molecule has 0 fully saturated rings. The summed E-state index contributed by atoms with van der Waals surface area (Å²) in [5.74, 6) is -0.975. The second-order valence-corrected chi connectivity index (χ2v) is 5.34. The molecule has 0 radical (unpaired) electrons. The highest BCUT2D eigenvalue weighted by Crippen LogP contribution is 2.32. The molecule has 2 aromatic heterocycles. The highest BCUT2D eigenvalue weighted by molar-refractivity contribution is 6.04. The van der Waals surface area contributed by atoms with E-state index in [1.807, 2.05) is 6.92 Å². The van der Waals surface area contributed by atoms with E-state index in [9.17, 15) is 15.0 Å². The van der Waals surface area contributed by atoms with E-state index in [2.05, 4.69) is 4.98 Å². The maximum absolute atomic E-state index is 11.4. The van der Waals surface area contributed by atoms with Crippen LogP contribution in [0, 0.1) is 6.92 Å². The van der Waals surface area contributed by atoms with Gasteiger partial charge in [0.1, 0.15) is 5.65 Å². The quantitative estimate of drug-likeness (QED) is 0.890. The lowest BCUT2D eigenvalue weighted by molar-refractivity contribution is 0.0311. The Kier molecular flexibility index (Phi) is 3.10. The molecule has 2 rings (SSSR count). The van der Waals surface area contributed by atoms with Gasteiger partial charge in [-0.2, -0.15) is 0 Å². The zero-order chi connectivity index (χ0) is 14.4. The number of hydrogen-bond donors (Lipinski definition) is 2. The van der Waals surface area contributed by atoms with E-state index in [0.717, 1.165) is 0 Å². The Morgan fingerprint density at radius 1 is 1.47 bits per heavy atom. The standard InChI is InChI=1S/C14H18N2O3/c1-8-11(13(17)18)10-6-5-7-15-12(10)16(8)9(2)14(3,4)19/h5-7,9,19H,1-4H3,(H,17,18). The molecular formula is C14H18N2O3. The topological polar surface area (TPSA) is 75.3 Å². The number of hydrogen-bond acceptors (Lipinski definition) is 3. The molecule has 0 saturated carbocycles. The molecule has 5 nitrogen and oxygen atoms in total. The highest BCUT2D eigenvalue weighted by Gasteiger charge is 2.29. The van der Waals surface area contributed by atoms with Gasteiger partial charge >= 0.3 is 5.97 Å².